The Bertz CT molecular complexity index is 1620. The quantitative estimate of drug-likeness (QED) is 0.142. The second-order valence-corrected chi connectivity index (χ2v) is 27.6. The number of aryl methyl sites for hydroxylation is 3. The molecule has 1 aliphatic heterocycles. The monoisotopic (exact) mass is 750 g/mol. The SMILES string of the molecule is Cc1ccc(S[C@@H]2O[C@H](CO[Si](C)(C)C(C)(C)C)[C@@H](O[Si](C)(C)C(C)(C)C)[C@H](OC(=O)c3ccc(C)cc3)[C@H]2OC(=O)c2ccc(C)cc2)cc1. The van der Waals surface area contributed by atoms with Gasteiger partial charge in [0.15, 0.2) is 28.8 Å². The van der Waals surface area contributed by atoms with Crippen LogP contribution in [0.4, 0.5) is 0 Å². The summed E-state index contributed by atoms with van der Waals surface area (Å²) in [5.41, 5.74) is 3.23. The molecule has 0 aromatic heterocycles. The van der Waals surface area contributed by atoms with Crippen molar-refractivity contribution in [1.82, 2.24) is 0 Å². The Kier molecular flexibility index (Phi) is 13.0. The number of benzene rings is 3. The van der Waals surface area contributed by atoms with Crippen LogP contribution in [0, 0.1) is 20.8 Å². The Morgan fingerprint density at radius 2 is 1.04 bits per heavy atom. The topological polar surface area (TPSA) is 80.3 Å². The van der Waals surface area contributed by atoms with E-state index in [0.29, 0.717) is 11.1 Å². The molecule has 4 rings (SSSR count). The zero-order valence-corrected chi connectivity index (χ0v) is 35.6. The number of thioether (sulfide) groups is 1. The zero-order chi connectivity index (χ0) is 37.9. The van der Waals surface area contributed by atoms with E-state index >= 15 is 0 Å². The highest BCUT2D eigenvalue weighted by atomic mass is 32.2. The summed E-state index contributed by atoms with van der Waals surface area (Å²) in [6, 6.07) is 22.6. The molecular formula is C41H58O7SSi2. The van der Waals surface area contributed by atoms with E-state index in [2.05, 4.69) is 67.7 Å². The average Bonchev–Trinajstić information content (AvgIpc) is 3.03. The number of carbonyl (C=O) groups is 2. The van der Waals surface area contributed by atoms with Gasteiger partial charge in [-0.15, -0.1) is 0 Å². The summed E-state index contributed by atoms with van der Waals surface area (Å²) in [5.74, 6) is -1.05. The molecule has 1 saturated heterocycles. The largest absolute Gasteiger partial charge is 0.452 e. The van der Waals surface area contributed by atoms with E-state index in [4.69, 9.17) is 23.1 Å². The van der Waals surface area contributed by atoms with Gasteiger partial charge in [-0.2, -0.15) is 0 Å². The first kappa shape index (κ1) is 41.0. The highest BCUT2D eigenvalue weighted by Crippen LogP contribution is 2.44. The Balaban J connectivity index is 1.87. The molecule has 10 heteroatoms. The van der Waals surface area contributed by atoms with Crippen LogP contribution in [-0.2, 0) is 23.1 Å². The van der Waals surface area contributed by atoms with Crippen LogP contribution in [0.3, 0.4) is 0 Å². The number of ether oxygens (including phenoxy) is 3. The lowest BCUT2D eigenvalue weighted by Gasteiger charge is -2.50. The van der Waals surface area contributed by atoms with Crippen LogP contribution in [0.15, 0.2) is 77.7 Å². The van der Waals surface area contributed by atoms with Crippen LogP contribution in [-0.4, -0.2) is 65.0 Å². The lowest BCUT2D eigenvalue weighted by Crippen LogP contribution is -2.64. The molecular weight excluding hydrogens is 693 g/mol. The highest BCUT2D eigenvalue weighted by Gasteiger charge is 2.55. The van der Waals surface area contributed by atoms with Crippen molar-refractivity contribution in [3.63, 3.8) is 0 Å². The molecule has 0 spiro atoms. The van der Waals surface area contributed by atoms with E-state index in [1.807, 2.05) is 69.3 Å². The fourth-order valence-corrected chi connectivity index (χ4v) is 8.48. The molecule has 0 amide bonds. The van der Waals surface area contributed by atoms with Crippen molar-refractivity contribution >= 4 is 40.3 Å². The summed E-state index contributed by atoms with van der Waals surface area (Å²) in [4.78, 5) is 28.9. The fourth-order valence-electron chi connectivity index (χ4n) is 5.05. The minimum Gasteiger partial charge on any atom is -0.452 e. The molecule has 0 N–H and O–H groups in total. The Morgan fingerprint density at radius 3 is 1.47 bits per heavy atom. The lowest BCUT2D eigenvalue weighted by atomic mass is 9.99. The molecule has 3 aromatic carbocycles. The van der Waals surface area contributed by atoms with Gasteiger partial charge in [-0.05, 0) is 93.4 Å². The minimum absolute atomic E-state index is 0.0447. The van der Waals surface area contributed by atoms with Gasteiger partial charge in [0.05, 0.1) is 17.7 Å². The third-order valence-electron chi connectivity index (χ3n) is 10.6. The maximum absolute atomic E-state index is 14.0. The lowest BCUT2D eigenvalue weighted by molar-refractivity contribution is -0.201. The maximum atomic E-state index is 14.0. The summed E-state index contributed by atoms with van der Waals surface area (Å²) in [5, 5.41) is -0.220. The highest BCUT2D eigenvalue weighted by molar-refractivity contribution is 7.99. The normalized spacial score (nSPS) is 21.6. The van der Waals surface area contributed by atoms with E-state index in [0.717, 1.165) is 21.6 Å². The van der Waals surface area contributed by atoms with E-state index in [-0.39, 0.29) is 16.7 Å². The van der Waals surface area contributed by atoms with Crippen molar-refractivity contribution in [3.8, 4) is 0 Å². The summed E-state index contributed by atoms with van der Waals surface area (Å²) >= 11 is 1.44. The standard InChI is InChI=1S/C41H58O7SSi2/c1-27-14-20-30(21-15-27)37(42)46-35-34(48-51(12,13)41(7,8)9)33(26-44-50(10,11)40(4,5)6)45-39(49-32-24-18-29(3)19-25-32)36(35)47-38(43)31-22-16-28(2)17-23-31/h14-25,33-36,39H,26H2,1-13H3/t33-,34-,35+,36-,39+/m1/s1. The molecule has 0 aliphatic carbocycles. The van der Waals surface area contributed by atoms with Gasteiger partial charge in [0.2, 0.25) is 0 Å². The molecule has 1 heterocycles. The van der Waals surface area contributed by atoms with Crippen molar-refractivity contribution in [2.45, 2.75) is 133 Å². The summed E-state index contributed by atoms with van der Waals surface area (Å²) < 4.78 is 33.9. The first-order valence-corrected chi connectivity index (χ1v) is 24.5. The smallest absolute Gasteiger partial charge is 0.338 e. The third kappa shape index (κ3) is 10.4. The number of hydrogen-bond acceptors (Lipinski definition) is 8. The van der Waals surface area contributed by atoms with E-state index in [1.165, 1.54) is 11.8 Å². The van der Waals surface area contributed by atoms with Crippen molar-refractivity contribution < 1.29 is 32.7 Å². The molecule has 5 atom stereocenters. The van der Waals surface area contributed by atoms with Crippen molar-refractivity contribution in [2.75, 3.05) is 6.61 Å². The van der Waals surface area contributed by atoms with E-state index < -0.39 is 58.4 Å². The fraction of sp³-hybridized carbons (Fsp3) is 0.512. The molecule has 51 heavy (non-hydrogen) atoms. The molecule has 0 unspecified atom stereocenters. The number of esters is 2. The third-order valence-corrected chi connectivity index (χ3v) is 20.7. The van der Waals surface area contributed by atoms with Gasteiger partial charge < -0.3 is 23.1 Å². The van der Waals surface area contributed by atoms with Crippen molar-refractivity contribution in [1.29, 1.82) is 0 Å². The Labute approximate surface area is 312 Å². The summed E-state index contributed by atoms with van der Waals surface area (Å²) in [7, 11) is -4.77. The van der Waals surface area contributed by atoms with Crippen LogP contribution < -0.4 is 0 Å². The van der Waals surface area contributed by atoms with Gasteiger partial charge in [-0.25, -0.2) is 9.59 Å². The van der Waals surface area contributed by atoms with Gasteiger partial charge in [-0.3, -0.25) is 0 Å². The Morgan fingerprint density at radius 1 is 0.627 bits per heavy atom. The molecule has 1 fully saturated rings. The summed E-state index contributed by atoms with van der Waals surface area (Å²) in [6.45, 7) is 28.1. The van der Waals surface area contributed by atoms with Gasteiger partial charge in [-0.1, -0.05) is 106 Å². The maximum Gasteiger partial charge on any atom is 0.338 e. The first-order chi connectivity index (χ1) is 23.6. The van der Waals surface area contributed by atoms with Crippen LogP contribution >= 0.6 is 11.8 Å². The minimum atomic E-state index is -2.53. The molecule has 278 valence electrons. The Hall–Kier alpha value is -2.74. The molecule has 0 radical (unpaired) electrons. The molecule has 3 aromatic rings. The van der Waals surface area contributed by atoms with Gasteiger partial charge in [0, 0.05) is 4.90 Å². The number of rotatable bonds is 11. The average molecular weight is 751 g/mol. The number of hydrogen-bond donors (Lipinski definition) is 0. The predicted molar refractivity (Wildman–Crippen MR) is 212 cm³/mol. The second kappa shape index (κ2) is 16.1. The van der Waals surface area contributed by atoms with Crippen LogP contribution in [0.1, 0.15) is 78.9 Å². The van der Waals surface area contributed by atoms with Crippen molar-refractivity contribution in [3.05, 3.63) is 101 Å². The zero-order valence-electron chi connectivity index (χ0n) is 32.8. The molecule has 1 aliphatic rings. The van der Waals surface area contributed by atoms with E-state index in [1.54, 1.807) is 24.3 Å². The van der Waals surface area contributed by atoms with Crippen LogP contribution in [0.25, 0.3) is 0 Å². The van der Waals surface area contributed by atoms with Gasteiger partial charge in [0.1, 0.15) is 17.6 Å². The second-order valence-electron chi connectivity index (χ2n) is 16.9. The van der Waals surface area contributed by atoms with Gasteiger partial charge >= 0.3 is 11.9 Å². The molecule has 7 nitrogen and oxygen atoms in total. The summed E-state index contributed by atoms with van der Waals surface area (Å²) in [6.07, 6.45) is -3.43. The first-order valence-electron chi connectivity index (χ1n) is 17.8. The predicted octanol–water partition coefficient (Wildman–Crippen LogP) is 10.3. The molecule has 0 bridgehead atoms. The van der Waals surface area contributed by atoms with Crippen LogP contribution in [0.2, 0.25) is 36.3 Å². The van der Waals surface area contributed by atoms with Gasteiger partial charge in [0.25, 0.3) is 0 Å². The number of carbonyl (C=O) groups excluding carboxylic acids is 2. The molecule has 0 saturated carbocycles. The van der Waals surface area contributed by atoms with E-state index in [9.17, 15) is 9.59 Å². The van der Waals surface area contributed by atoms with Crippen molar-refractivity contribution in [2.24, 2.45) is 0 Å². The van der Waals surface area contributed by atoms with Crippen LogP contribution in [0.5, 0.6) is 0 Å².